The molecule has 0 saturated heterocycles. The molecule has 0 aliphatic rings. The second-order valence-electron chi connectivity index (χ2n) is 9.38. The van der Waals surface area contributed by atoms with E-state index in [4.69, 9.17) is 65.4 Å². The van der Waals surface area contributed by atoms with Crippen LogP contribution in [0.1, 0.15) is 36.1 Å². The van der Waals surface area contributed by atoms with Crippen molar-refractivity contribution in [3.63, 3.8) is 0 Å². The SMILES string of the molecule is CC.COc1cc(Br)cc(C)c1Cl.COc1cc(Br)cc(C)c1N.COc1cc(Br)cc(C)c1N=NCl.COc1cc(N)cc(C)c1Cl.[Cl][Cu]. The number of halogens is 7. The summed E-state index contributed by atoms with van der Waals surface area (Å²) in [7, 11) is 10.6. The van der Waals surface area contributed by atoms with Crippen LogP contribution in [0.4, 0.5) is 17.1 Å². The zero-order valence-corrected chi connectivity index (χ0v) is 38.0. The molecule has 0 aliphatic heterocycles. The number of benzene rings is 4. The van der Waals surface area contributed by atoms with Gasteiger partial charge in [0.2, 0.25) is 0 Å². The van der Waals surface area contributed by atoms with E-state index in [0.717, 1.165) is 41.4 Å². The van der Waals surface area contributed by atoms with Crippen molar-refractivity contribution in [3.05, 3.63) is 94.2 Å². The van der Waals surface area contributed by atoms with Crippen molar-refractivity contribution in [3.8, 4) is 23.0 Å². The van der Waals surface area contributed by atoms with E-state index >= 15 is 0 Å². The molecule has 0 amide bonds. The molecular weight excluding hydrogens is 973 g/mol. The van der Waals surface area contributed by atoms with Crippen LogP contribution in [0.2, 0.25) is 10.0 Å². The van der Waals surface area contributed by atoms with Crippen molar-refractivity contribution in [2.24, 2.45) is 9.75 Å². The number of aryl methyl sites for hydroxylation is 4. The van der Waals surface area contributed by atoms with Crippen molar-refractivity contribution in [1.82, 2.24) is 0 Å². The number of hydrogen-bond donors (Lipinski definition) is 2. The second-order valence-corrected chi connectivity index (χ2v) is 13.0. The van der Waals surface area contributed by atoms with Gasteiger partial charge in [-0.2, -0.15) is 0 Å². The van der Waals surface area contributed by atoms with Gasteiger partial charge in [0, 0.05) is 25.2 Å². The summed E-state index contributed by atoms with van der Waals surface area (Å²) in [5, 5.41) is 5.07. The van der Waals surface area contributed by atoms with Crippen LogP contribution < -0.4 is 30.4 Å². The summed E-state index contributed by atoms with van der Waals surface area (Å²) in [5.74, 6) is 2.70. The van der Waals surface area contributed by atoms with E-state index in [2.05, 4.69) is 82.7 Å². The Kier molecular flexibility index (Phi) is 28.3. The Morgan fingerprint density at radius 1 is 0.560 bits per heavy atom. The number of nitrogens with zero attached hydrogens (tertiary/aromatic N) is 2. The summed E-state index contributed by atoms with van der Waals surface area (Å²) in [4.78, 5) is 0. The summed E-state index contributed by atoms with van der Waals surface area (Å²) in [6.07, 6.45) is 0. The Morgan fingerprint density at radius 2 is 0.920 bits per heavy atom. The van der Waals surface area contributed by atoms with Crippen molar-refractivity contribution in [2.45, 2.75) is 41.5 Å². The Hall–Kier alpha value is -1.60. The number of hydrogen-bond acceptors (Lipinski definition) is 8. The predicted molar refractivity (Wildman–Crippen MR) is 220 cm³/mol. The van der Waals surface area contributed by atoms with E-state index in [1.54, 1.807) is 34.5 Å². The maximum absolute atomic E-state index is 5.92. The van der Waals surface area contributed by atoms with E-state index in [9.17, 15) is 0 Å². The van der Waals surface area contributed by atoms with E-state index < -0.39 is 0 Å². The third-order valence-electron chi connectivity index (χ3n) is 5.99. The first-order valence-corrected chi connectivity index (χ1v) is 19.1. The molecule has 0 saturated carbocycles. The van der Waals surface area contributed by atoms with Crippen molar-refractivity contribution in [2.75, 3.05) is 39.9 Å². The first-order valence-electron chi connectivity index (χ1n) is 14.3. The molecule has 50 heavy (non-hydrogen) atoms. The number of nitrogens with two attached hydrogens (primary N) is 2. The van der Waals surface area contributed by atoms with Gasteiger partial charge in [0.25, 0.3) is 0 Å². The van der Waals surface area contributed by atoms with Crippen LogP contribution in [0.25, 0.3) is 0 Å². The number of nitrogen functional groups attached to an aromatic ring is 2. The molecule has 0 fully saturated rings. The molecule has 0 spiro atoms. The molecule has 0 radical (unpaired) electrons. The van der Waals surface area contributed by atoms with Gasteiger partial charge in [-0.25, -0.2) is 0 Å². The zero-order chi connectivity index (χ0) is 39.1. The quantitative estimate of drug-likeness (QED) is 0.117. The number of rotatable bonds is 5. The molecule has 4 N–H and O–H groups in total. The van der Waals surface area contributed by atoms with Crippen LogP contribution in [0.3, 0.4) is 0 Å². The molecular formula is C34H42Br3Cl4CuN4O4. The monoisotopic (exact) mass is 1010 g/mol. The topological polar surface area (TPSA) is 114 Å². The van der Waals surface area contributed by atoms with E-state index in [-0.39, 0.29) is 0 Å². The molecule has 0 aliphatic carbocycles. The van der Waals surface area contributed by atoms with Gasteiger partial charge < -0.3 is 30.4 Å². The molecule has 16 heteroatoms. The van der Waals surface area contributed by atoms with Gasteiger partial charge >= 0.3 is 25.2 Å². The molecule has 8 nitrogen and oxygen atoms in total. The third kappa shape index (κ3) is 17.8. The van der Waals surface area contributed by atoms with Gasteiger partial charge in [-0.15, -0.1) is 5.11 Å². The molecule has 0 bridgehead atoms. The fourth-order valence-electron chi connectivity index (χ4n) is 3.67. The minimum atomic E-state index is 0.627. The van der Waals surface area contributed by atoms with Crippen molar-refractivity contribution >= 4 is 110 Å². The average Bonchev–Trinajstić information content (AvgIpc) is 3.09. The van der Waals surface area contributed by atoms with Gasteiger partial charge in [0.1, 0.15) is 28.7 Å². The molecule has 4 aromatic carbocycles. The van der Waals surface area contributed by atoms with Gasteiger partial charge in [0.15, 0.2) is 0 Å². The average molecular weight is 1020 g/mol. The molecule has 282 valence electrons. The Balaban J connectivity index is 0. The van der Waals surface area contributed by atoms with Gasteiger partial charge in [0.05, 0.1) is 55.9 Å². The summed E-state index contributed by atoms with van der Waals surface area (Å²) in [5.41, 5.74) is 17.2. The predicted octanol–water partition coefficient (Wildman–Crippen LogP) is 13.7. The van der Waals surface area contributed by atoms with Gasteiger partial charge in [-0.05, 0) is 92.4 Å². The summed E-state index contributed by atoms with van der Waals surface area (Å²) >= 11 is 30.7. The van der Waals surface area contributed by atoms with Crippen LogP contribution in [-0.2, 0) is 15.1 Å². The Labute approximate surface area is 349 Å². The van der Waals surface area contributed by atoms with E-state index in [1.807, 2.05) is 84.0 Å². The molecule has 4 rings (SSSR count). The standard InChI is InChI=1S/C8H8BrClN2O.C8H8BrClO.C8H10BrNO.C8H10ClNO.C2H6.ClH.Cu/c1-5-3-6(9)4-7(13-2)8(5)11-12-10;2*1-5-3-6(9)4-7(11-2)8(5)10;1-5-3-6(10)4-7(11-2)8(5)9;1-2;;/h3-4H,1-2H3;3-4H,1-2H3;2*3-4H,10H2,1-2H3;1-2H3;1H;/q;;;;;;+1/p-1. The normalized spacial score (nSPS) is 9.50. The fraction of sp³-hybridized carbons (Fsp3) is 0.294. The maximum atomic E-state index is 5.92. The van der Waals surface area contributed by atoms with Crippen LogP contribution in [-0.4, -0.2) is 28.4 Å². The van der Waals surface area contributed by atoms with Crippen LogP contribution in [0.5, 0.6) is 23.0 Å². The van der Waals surface area contributed by atoms with Gasteiger partial charge in [-0.1, -0.05) is 89.5 Å². The van der Waals surface area contributed by atoms with E-state index in [1.165, 1.54) is 0 Å². The first-order chi connectivity index (χ1) is 23.6. The zero-order valence-electron chi connectivity index (χ0n) is 29.2. The van der Waals surface area contributed by atoms with Crippen LogP contribution in [0, 0.1) is 27.7 Å². The van der Waals surface area contributed by atoms with Crippen molar-refractivity contribution in [1.29, 1.82) is 0 Å². The molecule has 0 atom stereocenters. The summed E-state index contributed by atoms with van der Waals surface area (Å²) in [6, 6.07) is 14.8. The summed E-state index contributed by atoms with van der Waals surface area (Å²) in [6.45, 7) is 11.7. The molecule has 0 heterocycles. The van der Waals surface area contributed by atoms with Crippen molar-refractivity contribution < 1.29 is 34.0 Å². The number of anilines is 2. The minimum absolute atomic E-state index is 0.627. The first kappa shape index (κ1) is 50.5. The molecule has 0 aromatic heterocycles. The molecule has 0 unspecified atom stereocenters. The third-order valence-corrected chi connectivity index (χ3v) is 8.41. The van der Waals surface area contributed by atoms with Crippen LogP contribution >= 0.6 is 92.9 Å². The molecule has 4 aromatic rings. The Bertz CT molecular complexity index is 1520. The van der Waals surface area contributed by atoms with Crippen LogP contribution in [0.15, 0.2) is 71.7 Å². The number of methoxy groups -OCH3 is 4. The van der Waals surface area contributed by atoms with E-state index in [0.29, 0.717) is 44.4 Å². The van der Waals surface area contributed by atoms with Gasteiger partial charge in [-0.3, -0.25) is 0 Å². The Morgan fingerprint density at radius 3 is 1.36 bits per heavy atom. The number of ether oxygens (including phenoxy) is 4. The second kappa shape index (κ2) is 28.0. The summed E-state index contributed by atoms with van der Waals surface area (Å²) < 4.78 is 26.3. The fourth-order valence-corrected chi connectivity index (χ4v) is 5.78.